The Morgan fingerprint density at radius 3 is 2.71 bits per heavy atom. The van der Waals surface area contributed by atoms with Crippen molar-refractivity contribution in [3.63, 3.8) is 0 Å². The van der Waals surface area contributed by atoms with Crippen LogP contribution in [0.3, 0.4) is 0 Å². The molecule has 2 aliphatic rings. The molecule has 11 heteroatoms. The Morgan fingerprint density at radius 1 is 1.15 bits per heavy atom. The summed E-state index contributed by atoms with van der Waals surface area (Å²) in [7, 11) is 3.80. The van der Waals surface area contributed by atoms with Gasteiger partial charge in [0.2, 0.25) is 11.9 Å². The average molecular weight is 462 g/mol. The number of nitrogens with two attached hydrogens (primary N) is 1. The number of rotatable bonds is 7. The van der Waals surface area contributed by atoms with Gasteiger partial charge in [0.15, 0.2) is 0 Å². The van der Waals surface area contributed by atoms with E-state index in [9.17, 15) is 4.79 Å². The van der Waals surface area contributed by atoms with E-state index in [0.29, 0.717) is 41.0 Å². The highest BCUT2D eigenvalue weighted by atomic mass is 16.5. The molecule has 11 nitrogen and oxygen atoms in total. The Kier molecular flexibility index (Phi) is 5.95. The molecule has 3 N–H and O–H groups in total. The van der Waals surface area contributed by atoms with Crippen LogP contribution in [0.15, 0.2) is 52.9 Å². The number of carbonyl (C=O) groups is 1. The van der Waals surface area contributed by atoms with E-state index in [0.717, 1.165) is 31.8 Å². The molecule has 1 fully saturated rings. The van der Waals surface area contributed by atoms with Crippen molar-refractivity contribution in [2.75, 3.05) is 45.6 Å². The van der Waals surface area contributed by atoms with Gasteiger partial charge < -0.3 is 25.5 Å². The van der Waals surface area contributed by atoms with E-state index in [1.807, 2.05) is 37.5 Å². The van der Waals surface area contributed by atoms with Gasteiger partial charge in [-0.15, -0.1) is 0 Å². The highest BCUT2D eigenvalue weighted by Gasteiger charge is 2.33. The lowest BCUT2D eigenvalue weighted by molar-refractivity contribution is -0.128. The molecule has 5 rings (SSSR count). The van der Waals surface area contributed by atoms with Gasteiger partial charge in [0, 0.05) is 52.2 Å². The number of amides is 1. The number of likely N-dealkylation sites (tertiary alicyclic amines) is 1. The highest BCUT2D eigenvalue weighted by Crippen LogP contribution is 2.30. The zero-order chi connectivity index (χ0) is 23.7. The van der Waals surface area contributed by atoms with Gasteiger partial charge in [-0.1, -0.05) is 11.2 Å². The lowest BCUT2D eigenvalue weighted by Gasteiger charge is -2.23. The monoisotopic (exact) mass is 461 g/mol. The molecule has 0 radical (unpaired) electrons. The second kappa shape index (κ2) is 9.20. The Balaban J connectivity index is 1.34. The maximum absolute atomic E-state index is 12.3. The van der Waals surface area contributed by atoms with Crippen molar-refractivity contribution in [1.82, 2.24) is 35.0 Å². The van der Waals surface area contributed by atoms with E-state index in [-0.39, 0.29) is 11.8 Å². The van der Waals surface area contributed by atoms with E-state index >= 15 is 0 Å². The van der Waals surface area contributed by atoms with Gasteiger partial charge >= 0.3 is 0 Å². The predicted octanol–water partition coefficient (Wildman–Crippen LogP) is 1.51. The quantitative estimate of drug-likeness (QED) is 0.534. The first-order chi connectivity index (χ1) is 16.5. The maximum atomic E-state index is 12.3. The molecule has 0 saturated carbocycles. The third-order valence-corrected chi connectivity index (χ3v) is 6.00. The fraction of sp³-hybridized carbons (Fsp3) is 0.348. The van der Waals surface area contributed by atoms with Crippen molar-refractivity contribution in [1.29, 1.82) is 0 Å². The number of nitrogens with one attached hydrogen (secondary N) is 1. The first-order valence-corrected chi connectivity index (χ1v) is 11.2. The second-order valence-corrected chi connectivity index (χ2v) is 8.44. The summed E-state index contributed by atoms with van der Waals surface area (Å²) < 4.78 is 5.50. The summed E-state index contributed by atoms with van der Waals surface area (Å²) in [6.07, 6.45) is 4.44. The van der Waals surface area contributed by atoms with Gasteiger partial charge in [-0.25, -0.2) is 20.0 Å². The zero-order valence-corrected chi connectivity index (χ0v) is 19.2. The molecule has 1 atom stereocenters. The molecule has 5 heterocycles. The molecule has 3 aromatic heterocycles. The van der Waals surface area contributed by atoms with Crippen LogP contribution in [0.5, 0.6) is 0 Å². The summed E-state index contributed by atoms with van der Waals surface area (Å²) in [6.45, 7) is 2.75. The van der Waals surface area contributed by atoms with Gasteiger partial charge in [0.25, 0.3) is 0 Å². The minimum atomic E-state index is -0.283. The van der Waals surface area contributed by atoms with Crippen LogP contribution < -0.4 is 11.1 Å². The molecule has 34 heavy (non-hydrogen) atoms. The van der Waals surface area contributed by atoms with Crippen molar-refractivity contribution in [2.45, 2.75) is 12.3 Å². The lowest BCUT2D eigenvalue weighted by Crippen LogP contribution is -2.35. The molecular weight excluding hydrogens is 434 g/mol. The third-order valence-electron chi connectivity index (χ3n) is 6.00. The topological polar surface area (TPSA) is 130 Å². The Labute approximate surface area is 197 Å². The van der Waals surface area contributed by atoms with E-state index in [1.165, 1.54) is 0 Å². The summed E-state index contributed by atoms with van der Waals surface area (Å²) >= 11 is 0. The number of hydrogen-bond acceptors (Lipinski definition) is 10. The van der Waals surface area contributed by atoms with Gasteiger partial charge in [0.05, 0.1) is 29.3 Å². The minimum Gasteiger partial charge on any atom is -0.360 e. The minimum absolute atomic E-state index is 0.0557. The van der Waals surface area contributed by atoms with Gasteiger partial charge in [-0.3, -0.25) is 4.79 Å². The van der Waals surface area contributed by atoms with E-state index in [4.69, 9.17) is 15.2 Å². The molecule has 0 bridgehead atoms. The summed E-state index contributed by atoms with van der Waals surface area (Å²) in [5.41, 5.74) is 9.27. The molecule has 0 unspecified atom stereocenters. The molecule has 1 amide bonds. The van der Waals surface area contributed by atoms with Crippen LogP contribution in [-0.2, 0) is 4.79 Å². The van der Waals surface area contributed by atoms with Crippen LogP contribution in [0.2, 0.25) is 0 Å². The number of nitrogens with zero attached hydrogens (tertiary/aromatic N) is 7. The number of carbonyl (C=O) groups excluding carboxylic acids is 1. The molecule has 176 valence electrons. The van der Waals surface area contributed by atoms with Crippen molar-refractivity contribution in [3.8, 4) is 22.8 Å². The summed E-state index contributed by atoms with van der Waals surface area (Å²) in [5.74, 6) is 0.838. The van der Waals surface area contributed by atoms with Crippen molar-refractivity contribution in [2.24, 2.45) is 5.73 Å². The van der Waals surface area contributed by atoms with Crippen molar-refractivity contribution >= 4 is 11.9 Å². The molecule has 1 saturated heterocycles. The fourth-order valence-corrected chi connectivity index (χ4v) is 4.18. The van der Waals surface area contributed by atoms with Gasteiger partial charge in [-0.2, -0.15) is 0 Å². The molecule has 0 spiro atoms. The van der Waals surface area contributed by atoms with Gasteiger partial charge in [-0.05, 0) is 24.6 Å². The third kappa shape index (κ3) is 4.35. The number of hydrazine groups is 1. The number of hydrogen-bond donors (Lipinski definition) is 2. The van der Waals surface area contributed by atoms with Gasteiger partial charge in [0.1, 0.15) is 17.4 Å². The normalized spacial score (nSPS) is 18.6. The van der Waals surface area contributed by atoms with E-state index in [2.05, 4.69) is 30.5 Å². The Morgan fingerprint density at radius 2 is 1.94 bits per heavy atom. The van der Waals surface area contributed by atoms with E-state index in [1.54, 1.807) is 24.2 Å². The molecule has 0 aliphatic carbocycles. The Hall–Kier alpha value is -3.83. The van der Waals surface area contributed by atoms with Crippen LogP contribution in [0.1, 0.15) is 18.1 Å². The standard InChI is InChI=1S/C23H27N9O2/c1-30-10-7-16(22(30)33)21-12-20(29-34-21)18-5-3-4-17(27-18)19-6-9-25-23(28-19)26-15-13-31(2)32(14-15)11-8-24/h3-6,9,12,14,16H,7-8,10-11,13,24H2,1-2H3,(H,25,26,28)/t16-/m0/s1. The average Bonchev–Trinajstić information content (AvgIpc) is 3.54. The van der Waals surface area contributed by atoms with Crippen LogP contribution in [0.4, 0.5) is 5.95 Å². The second-order valence-electron chi connectivity index (χ2n) is 8.44. The molecule has 3 aromatic rings. The molecule has 2 aliphatic heterocycles. The largest absolute Gasteiger partial charge is 0.360 e. The zero-order valence-electron chi connectivity index (χ0n) is 19.2. The van der Waals surface area contributed by atoms with Crippen LogP contribution in [-0.4, -0.2) is 81.2 Å². The summed E-state index contributed by atoms with van der Waals surface area (Å²) in [5, 5.41) is 11.6. The first kappa shape index (κ1) is 22.0. The summed E-state index contributed by atoms with van der Waals surface area (Å²) in [4.78, 5) is 27.7. The number of anilines is 1. The fourth-order valence-electron chi connectivity index (χ4n) is 4.18. The number of pyridine rings is 1. The smallest absolute Gasteiger partial charge is 0.233 e. The van der Waals surface area contributed by atoms with Crippen molar-refractivity contribution in [3.05, 3.63) is 54.2 Å². The highest BCUT2D eigenvalue weighted by molar-refractivity contribution is 5.85. The van der Waals surface area contributed by atoms with Crippen LogP contribution in [0, 0.1) is 0 Å². The van der Waals surface area contributed by atoms with Crippen LogP contribution in [0.25, 0.3) is 22.8 Å². The lowest BCUT2D eigenvalue weighted by atomic mass is 10.0. The first-order valence-electron chi connectivity index (χ1n) is 11.2. The Bertz CT molecular complexity index is 1220. The van der Waals surface area contributed by atoms with E-state index < -0.39 is 0 Å². The maximum Gasteiger partial charge on any atom is 0.233 e. The molecular formula is C23H27N9O2. The SMILES string of the molecule is CN1CC[C@@H](c2cc(-c3cccc(-c4ccnc(NC5=CN(CCN)N(C)C5)n4)n3)no2)C1=O. The number of aromatic nitrogens is 4. The number of likely N-dealkylation sites (N-methyl/N-ethyl adjacent to an activating group) is 2. The van der Waals surface area contributed by atoms with Crippen molar-refractivity contribution < 1.29 is 9.32 Å². The summed E-state index contributed by atoms with van der Waals surface area (Å²) in [6, 6.07) is 9.26. The predicted molar refractivity (Wildman–Crippen MR) is 126 cm³/mol. The van der Waals surface area contributed by atoms with Crippen LogP contribution >= 0.6 is 0 Å². The molecule has 0 aromatic carbocycles.